The molecule has 4 nitrogen and oxygen atoms in total. The highest BCUT2D eigenvalue weighted by molar-refractivity contribution is 6.18. The second-order valence-electron chi connectivity index (χ2n) is 4.98. The maximum Gasteiger partial charge on any atom is 0.306 e. The molecule has 0 spiro atoms. The summed E-state index contributed by atoms with van der Waals surface area (Å²) in [6.45, 7) is 0. The van der Waals surface area contributed by atoms with Crippen LogP contribution in [0.15, 0.2) is 12.2 Å². The van der Waals surface area contributed by atoms with Gasteiger partial charge in [-0.15, -0.1) is 0 Å². The fourth-order valence-electron chi connectivity index (χ4n) is 2.75. The van der Waals surface area contributed by atoms with E-state index in [9.17, 15) is 14.4 Å². The molecular formula is C13H16O4. The highest BCUT2D eigenvalue weighted by Crippen LogP contribution is 2.34. The molecule has 0 bridgehead atoms. The third kappa shape index (κ3) is 2.62. The number of allylic oxidation sites excluding steroid dienone is 2. The second kappa shape index (κ2) is 4.82. The van der Waals surface area contributed by atoms with E-state index in [0.717, 1.165) is 12.8 Å². The van der Waals surface area contributed by atoms with Crippen LogP contribution in [-0.4, -0.2) is 22.6 Å². The summed E-state index contributed by atoms with van der Waals surface area (Å²) in [6.07, 6.45) is 6.27. The monoisotopic (exact) mass is 236 g/mol. The minimum Gasteiger partial charge on any atom is -0.481 e. The molecule has 0 saturated heterocycles. The van der Waals surface area contributed by atoms with Crippen molar-refractivity contribution in [3.05, 3.63) is 12.2 Å². The zero-order chi connectivity index (χ0) is 12.4. The molecule has 92 valence electrons. The number of carbonyl (C=O) groups excluding carboxylic acids is 2. The van der Waals surface area contributed by atoms with E-state index in [1.807, 2.05) is 0 Å². The summed E-state index contributed by atoms with van der Waals surface area (Å²) in [5, 5.41) is 8.87. The van der Waals surface area contributed by atoms with Crippen molar-refractivity contribution in [1.82, 2.24) is 0 Å². The first kappa shape index (κ1) is 12.0. The molecule has 1 N–H and O–H groups in total. The van der Waals surface area contributed by atoms with Crippen LogP contribution >= 0.6 is 0 Å². The fraction of sp³-hybridized carbons (Fsp3) is 0.615. The summed E-state index contributed by atoms with van der Waals surface area (Å²) in [4.78, 5) is 33.6. The molecule has 0 unspecified atom stereocenters. The third-order valence-corrected chi connectivity index (χ3v) is 3.86. The summed E-state index contributed by atoms with van der Waals surface area (Å²) in [7, 11) is 0. The highest BCUT2D eigenvalue weighted by atomic mass is 16.4. The molecule has 0 heterocycles. The summed E-state index contributed by atoms with van der Waals surface area (Å²) < 4.78 is 0. The smallest absolute Gasteiger partial charge is 0.306 e. The van der Waals surface area contributed by atoms with E-state index in [4.69, 9.17) is 5.11 Å². The van der Waals surface area contributed by atoms with Gasteiger partial charge in [0.2, 0.25) is 0 Å². The molecule has 0 aromatic carbocycles. The lowest BCUT2D eigenvalue weighted by Gasteiger charge is -2.27. The van der Waals surface area contributed by atoms with Gasteiger partial charge in [-0.2, -0.15) is 0 Å². The number of hydrogen-bond donors (Lipinski definition) is 1. The molecule has 2 aliphatic carbocycles. The maximum absolute atomic E-state index is 11.4. The van der Waals surface area contributed by atoms with Gasteiger partial charge in [0.15, 0.2) is 11.6 Å². The number of carboxylic acid groups (broad SMARTS) is 1. The largest absolute Gasteiger partial charge is 0.481 e. The van der Waals surface area contributed by atoms with Crippen molar-refractivity contribution in [2.24, 2.45) is 17.8 Å². The first-order valence-electron chi connectivity index (χ1n) is 6.06. The van der Waals surface area contributed by atoms with Gasteiger partial charge in [-0.1, -0.05) is 0 Å². The van der Waals surface area contributed by atoms with Crippen LogP contribution < -0.4 is 0 Å². The molecule has 0 atom stereocenters. The SMILES string of the molecule is O=C(O)C1CCC(CC2C(=O)C=CC2=O)CC1. The van der Waals surface area contributed by atoms with Crippen LogP contribution in [0.2, 0.25) is 0 Å². The maximum atomic E-state index is 11.4. The lowest BCUT2D eigenvalue weighted by molar-refractivity contribution is -0.143. The van der Waals surface area contributed by atoms with Gasteiger partial charge in [0.1, 0.15) is 0 Å². The van der Waals surface area contributed by atoms with Crippen LogP contribution in [0.3, 0.4) is 0 Å². The normalized spacial score (nSPS) is 29.9. The van der Waals surface area contributed by atoms with Gasteiger partial charge in [-0.3, -0.25) is 14.4 Å². The van der Waals surface area contributed by atoms with E-state index in [0.29, 0.717) is 25.2 Å². The predicted octanol–water partition coefficient (Wildman–Crippen LogP) is 1.59. The second-order valence-corrected chi connectivity index (χ2v) is 4.98. The average molecular weight is 236 g/mol. The Balaban J connectivity index is 1.84. The Morgan fingerprint density at radius 1 is 1.12 bits per heavy atom. The van der Waals surface area contributed by atoms with Crippen molar-refractivity contribution in [3.63, 3.8) is 0 Å². The van der Waals surface area contributed by atoms with Crippen LogP contribution in [0.5, 0.6) is 0 Å². The Hall–Kier alpha value is -1.45. The van der Waals surface area contributed by atoms with Crippen molar-refractivity contribution in [2.45, 2.75) is 32.1 Å². The van der Waals surface area contributed by atoms with E-state index in [-0.39, 0.29) is 17.5 Å². The number of aliphatic carboxylic acids is 1. The Kier molecular flexibility index (Phi) is 3.41. The summed E-state index contributed by atoms with van der Waals surface area (Å²) in [5.74, 6) is -1.30. The van der Waals surface area contributed by atoms with Crippen molar-refractivity contribution < 1.29 is 19.5 Å². The van der Waals surface area contributed by atoms with Crippen LogP contribution in [0.25, 0.3) is 0 Å². The van der Waals surface area contributed by atoms with Gasteiger partial charge in [0.05, 0.1) is 11.8 Å². The molecule has 2 aliphatic rings. The number of rotatable bonds is 3. The predicted molar refractivity (Wildman–Crippen MR) is 60.3 cm³/mol. The van der Waals surface area contributed by atoms with Crippen LogP contribution in [0.1, 0.15) is 32.1 Å². The van der Waals surface area contributed by atoms with E-state index < -0.39 is 11.9 Å². The van der Waals surface area contributed by atoms with Gasteiger partial charge in [0.25, 0.3) is 0 Å². The molecule has 1 fully saturated rings. The molecule has 4 heteroatoms. The fourth-order valence-corrected chi connectivity index (χ4v) is 2.75. The van der Waals surface area contributed by atoms with Gasteiger partial charge in [-0.25, -0.2) is 0 Å². The average Bonchev–Trinajstić information content (AvgIpc) is 2.61. The molecule has 0 amide bonds. The number of carbonyl (C=O) groups is 3. The lowest BCUT2D eigenvalue weighted by Crippen LogP contribution is -2.25. The quantitative estimate of drug-likeness (QED) is 0.755. The molecule has 1 saturated carbocycles. The molecule has 0 radical (unpaired) electrons. The summed E-state index contributed by atoms with van der Waals surface area (Å²) in [5.41, 5.74) is 0. The van der Waals surface area contributed by atoms with Crippen LogP contribution in [-0.2, 0) is 14.4 Å². The van der Waals surface area contributed by atoms with E-state index in [2.05, 4.69) is 0 Å². The Bertz CT molecular complexity index is 357. The van der Waals surface area contributed by atoms with E-state index in [1.165, 1.54) is 12.2 Å². The highest BCUT2D eigenvalue weighted by Gasteiger charge is 2.33. The standard InChI is InChI=1S/C13H16O4/c14-11-5-6-12(15)10(11)7-8-1-3-9(4-2-8)13(16)17/h5-6,8-10H,1-4,7H2,(H,16,17). The minimum absolute atomic E-state index is 0.0876. The zero-order valence-corrected chi connectivity index (χ0v) is 9.59. The molecule has 0 aliphatic heterocycles. The van der Waals surface area contributed by atoms with Crippen molar-refractivity contribution in [2.75, 3.05) is 0 Å². The van der Waals surface area contributed by atoms with Crippen LogP contribution in [0.4, 0.5) is 0 Å². The zero-order valence-electron chi connectivity index (χ0n) is 9.59. The number of ketones is 2. The Morgan fingerprint density at radius 3 is 2.12 bits per heavy atom. The van der Waals surface area contributed by atoms with Gasteiger partial charge in [0, 0.05) is 0 Å². The number of carboxylic acids is 1. The van der Waals surface area contributed by atoms with Gasteiger partial charge in [-0.05, 0) is 50.2 Å². The molecule has 2 rings (SSSR count). The molecule has 17 heavy (non-hydrogen) atoms. The Labute approximate surface area is 99.7 Å². The van der Waals surface area contributed by atoms with E-state index >= 15 is 0 Å². The molecular weight excluding hydrogens is 220 g/mol. The van der Waals surface area contributed by atoms with Gasteiger partial charge < -0.3 is 5.11 Å². The first-order valence-corrected chi connectivity index (χ1v) is 6.06. The topological polar surface area (TPSA) is 71.4 Å². The number of hydrogen-bond acceptors (Lipinski definition) is 3. The van der Waals surface area contributed by atoms with Crippen LogP contribution in [0, 0.1) is 17.8 Å². The van der Waals surface area contributed by atoms with Crippen molar-refractivity contribution >= 4 is 17.5 Å². The Morgan fingerprint density at radius 2 is 1.65 bits per heavy atom. The minimum atomic E-state index is -0.724. The third-order valence-electron chi connectivity index (χ3n) is 3.86. The van der Waals surface area contributed by atoms with Crippen molar-refractivity contribution in [1.29, 1.82) is 0 Å². The first-order chi connectivity index (χ1) is 8.08. The van der Waals surface area contributed by atoms with Crippen molar-refractivity contribution in [3.8, 4) is 0 Å². The van der Waals surface area contributed by atoms with Gasteiger partial charge >= 0.3 is 5.97 Å². The summed E-state index contributed by atoms with van der Waals surface area (Å²) in [6, 6.07) is 0. The lowest BCUT2D eigenvalue weighted by atomic mass is 9.77. The van der Waals surface area contributed by atoms with E-state index in [1.54, 1.807) is 0 Å². The summed E-state index contributed by atoms with van der Waals surface area (Å²) >= 11 is 0. The molecule has 0 aromatic heterocycles. The molecule has 0 aromatic rings.